The Morgan fingerprint density at radius 1 is 1.20 bits per heavy atom. The van der Waals surface area contributed by atoms with Gasteiger partial charge in [0.25, 0.3) is 5.91 Å². The first-order valence-corrected chi connectivity index (χ1v) is 11.9. The summed E-state index contributed by atoms with van der Waals surface area (Å²) < 4.78 is 31.5. The molecule has 0 fully saturated rings. The molecule has 0 unspecified atom stereocenters. The van der Waals surface area contributed by atoms with Gasteiger partial charge in [-0.2, -0.15) is 0 Å². The molecule has 0 aromatic heterocycles. The SMILES string of the molecule is C[C@H](NC(=O)[C@H]1CN(S(C)(=O)=O)c2cc(Cl)ccc2O1)c1ccc(C(C)(C)C)cc1. The van der Waals surface area contributed by atoms with Gasteiger partial charge in [0.1, 0.15) is 5.75 Å². The van der Waals surface area contributed by atoms with Crippen molar-refractivity contribution in [3.63, 3.8) is 0 Å². The minimum atomic E-state index is -3.61. The molecule has 6 nitrogen and oxygen atoms in total. The summed E-state index contributed by atoms with van der Waals surface area (Å²) in [6.07, 6.45) is 0.127. The van der Waals surface area contributed by atoms with Crippen molar-refractivity contribution in [1.29, 1.82) is 0 Å². The number of nitrogens with zero attached hydrogens (tertiary/aromatic N) is 1. The average Bonchev–Trinajstić information content (AvgIpc) is 2.65. The predicted molar refractivity (Wildman–Crippen MR) is 120 cm³/mol. The highest BCUT2D eigenvalue weighted by atomic mass is 35.5. The molecule has 0 saturated carbocycles. The zero-order chi connectivity index (χ0) is 22.3. The van der Waals surface area contributed by atoms with Crippen LogP contribution in [0.3, 0.4) is 0 Å². The molecule has 8 heteroatoms. The number of carbonyl (C=O) groups excluding carboxylic acids is 1. The van der Waals surface area contributed by atoms with Crippen LogP contribution in [-0.2, 0) is 20.2 Å². The maximum Gasteiger partial charge on any atom is 0.263 e. The van der Waals surface area contributed by atoms with Gasteiger partial charge in [-0.25, -0.2) is 8.42 Å². The molecule has 1 amide bonds. The van der Waals surface area contributed by atoms with Crippen LogP contribution in [0.2, 0.25) is 5.02 Å². The quantitative estimate of drug-likeness (QED) is 0.762. The van der Waals surface area contributed by atoms with Gasteiger partial charge in [-0.3, -0.25) is 9.10 Å². The third-order valence-electron chi connectivity index (χ3n) is 5.12. The van der Waals surface area contributed by atoms with E-state index in [0.29, 0.717) is 16.5 Å². The molecule has 162 valence electrons. The van der Waals surface area contributed by atoms with Gasteiger partial charge < -0.3 is 10.1 Å². The predicted octanol–water partition coefficient (Wildman–Crippen LogP) is 4.04. The smallest absolute Gasteiger partial charge is 0.263 e. The fourth-order valence-electron chi connectivity index (χ4n) is 3.34. The van der Waals surface area contributed by atoms with E-state index in [1.54, 1.807) is 12.1 Å². The van der Waals surface area contributed by atoms with E-state index < -0.39 is 16.1 Å². The number of ether oxygens (including phenoxy) is 1. The Balaban J connectivity index is 1.77. The average molecular weight is 451 g/mol. The molecule has 0 aliphatic carbocycles. The molecule has 0 spiro atoms. The summed E-state index contributed by atoms with van der Waals surface area (Å²) in [5.74, 6) is -0.0740. The summed E-state index contributed by atoms with van der Waals surface area (Å²) >= 11 is 6.01. The summed E-state index contributed by atoms with van der Waals surface area (Å²) in [6.45, 7) is 8.20. The zero-order valence-electron chi connectivity index (χ0n) is 17.8. The first-order valence-electron chi connectivity index (χ1n) is 9.71. The van der Waals surface area contributed by atoms with Crippen LogP contribution in [0.15, 0.2) is 42.5 Å². The Bertz CT molecular complexity index is 1050. The Hall–Kier alpha value is -2.25. The highest BCUT2D eigenvalue weighted by Gasteiger charge is 2.35. The Morgan fingerprint density at radius 2 is 1.83 bits per heavy atom. The highest BCUT2D eigenvalue weighted by molar-refractivity contribution is 7.92. The van der Waals surface area contributed by atoms with Crippen LogP contribution in [0.1, 0.15) is 44.9 Å². The number of anilines is 1. The lowest BCUT2D eigenvalue weighted by Gasteiger charge is -2.34. The number of hydrogen-bond donors (Lipinski definition) is 1. The standard InChI is InChI=1S/C22H27ClN2O4S/c1-14(15-6-8-16(9-7-15)22(2,3)4)24-21(26)20-13-25(30(5,27)28)18-12-17(23)10-11-19(18)29-20/h6-12,14,20H,13H2,1-5H3,(H,24,26)/t14-,20+/m0/s1. The lowest BCUT2D eigenvalue weighted by atomic mass is 9.86. The second kappa shape index (κ2) is 8.12. The van der Waals surface area contributed by atoms with Gasteiger partial charge in [0.15, 0.2) is 6.10 Å². The van der Waals surface area contributed by atoms with Gasteiger partial charge in [0, 0.05) is 5.02 Å². The first-order chi connectivity index (χ1) is 13.9. The van der Waals surface area contributed by atoms with Crippen molar-refractivity contribution in [3.8, 4) is 5.75 Å². The molecular weight excluding hydrogens is 424 g/mol. The topological polar surface area (TPSA) is 75.7 Å². The Morgan fingerprint density at radius 3 is 2.40 bits per heavy atom. The van der Waals surface area contributed by atoms with Gasteiger partial charge >= 0.3 is 0 Å². The summed E-state index contributed by atoms with van der Waals surface area (Å²) in [6, 6.07) is 12.5. The van der Waals surface area contributed by atoms with E-state index in [0.717, 1.165) is 16.1 Å². The van der Waals surface area contributed by atoms with Crippen LogP contribution < -0.4 is 14.4 Å². The Labute approximate surface area is 183 Å². The third-order valence-corrected chi connectivity index (χ3v) is 6.50. The molecule has 1 N–H and O–H groups in total. The number of fused-ring (bicyclic) bond motifs is 1. The van der Waals surface area contributed by atoms with Crippen molar-refractivity contribution in [1.82, 2.24) is 5.32 Å². The fraction of sp³-hybridized carbons (Fsp3) is 0.409. The van der Waals surface area contributed by atoms with Crippen LogP contribution in [0, 0.1) is 0 Å². The minimum absolute atomic E-state index is 0.0480. The van der Waals surface area contributed by atoms with Crippen LogP contribution in [-0.4, -0.2) is 33.2 Å². The normalized spacial score (nSPS) is 17.7. The largest absolute Gasteiger partial charge is 0.476 e. The molecule has 3 rings (SSSR count). The number of amides is 1. The monoisotopic (exact) mass is 450 g/mol. The van der Waals surface area contributed by atoms with Gasteiger partial charge in [-0.1, -0.05) is 56.6 Å². The van der Waals surface area contributed by atoms with Crippen LogP contribution >= 0.6 is 11.6 Å². The minimum Gasteiger partial charge on any atom is -0.476 e. The van der Waals surface area contributed by atoms with Gasteiger partial charge in [0.05, 0.1) is 24.5 Å². The fourth-order valence-corrected chi connectivity index (χ4v) is 4.41. The van der Waals surface area contributed by atoms with E-state index in [4.69, 9.17) is 16.3 Å². The van der Waals surface area contributed by atoms with E-state index in [2.05, 4.69) is 38.2 Å². The van der Waals surface area contributed by atoms with E-state index in [-0.39, 0.29) is 23.9 Å². The van der Waals surface area contributed by atoms with Gasteiger partial charge in [-0.15, -0.1) is 0 Å². The summed E-state index contributed by atoms with van der Waals surface area (Å²) in [7, 11) is -3.61. The first kappa shape index (κ1) is 22.4. The molecule has 1 aliphatic rings. The van der Waals surface area contributed by atoms with Crippen molar-refractivity contribution < 1.29 is 17.9 Å². The highest BCUT2D eigenvalue weighted by Crippen LogP contribution is 2.37. The van der Waals surface area contributed by atoms with Crippen LogP contribution in [0.5, 0.6) is 5.75 Å². The van der Waals surface area contributed by atoms with E-state index in [1.165, 1.54) is 11.6 Å². The van der Waals surface area contributed by atoms with Crippen LogP contribution in [0.25, 0.3) is 0 Å². The van der Waals surface area contributed by atoms with Crippen molar-refractivity contribution in [2.75, 3.05) is 17.1 Å². The van der Waals surface area contributed by atoms with Crippen molar-refractivity contribution >= 4 is 33.2 Å². The van der Waals surface area contributed by atoms with E-state index in [9.17, 15) is 13.2 Å². The maximum atomic E-state index is 12.9. The van der Waals surface area contributed by atoms with Gasteiger partial charge in [0.2, 0.25) is 10.0 Å². The third kappa shape index (κ3) is 4.90. The second-order valence-electron chi connectivity index (χ2n) is 8.61. The molecule has 1 heterocycles. The summed E-state index contributed by atoms with van der Waals surface area (Å²) in [5, 5.41) is 3.32. The number of carbonyl (C=O) groups is 1. The van der Waals surface area contributed by atoms with Crippen molar-refractivity contribution in [3.05, 3.63) is 58.6 Å². The number of sulfonamides is 1. The molecule has 30 heavy (non-hydrogen) atoms. The van der Waals surface area contributed by atoms with E-state index in [1.807, 2.05) is 19.1 Å². The Kier molecular flexibility index (Phi) is 6.07. The number of nitrogens with one attached hydrogen (secondary N) is 1. The zero-order valence-corrected chi connectivity index (χ0v) is 19.3. The van der Waals surface area contributed by atoms with Crippen molar-refractivity contribution in [2.24, 2.45) is 0 Å². The summed E-state index contributed by atoms with van der Waals surface area (Å²) in [4.78, 5) is 12.9. The van der Waals surface area contributed by atoms with E-state index >= 15 is 0 Å². The second-order valence-corrected chi connectivity index (χ2v) is 11.0. The molecule has 0 radical (unpaired) electrons. The van der Waals surface area contributed by atoms with Gasteiger partial charge in [-0.05, 0) is 41.7 Å². The molecule has 1 aliphatic heterocycles. The molecule has 2 atom stereocenters. The molecule has 2 aromatic carbocycles. The molecule has 2 aromatic rings. The number of rotatable bonds is 4. The lowest BCUT2D eigenvalue weighted by Crippen LogP contribution is -2.50. The number of halogens is 1. The summed E-state index contributed by atoms with van der Waals surface area (Å²) in [5.41, 5.74) is 2.55. The van der Waals surface area contributed by atoms with Crippen LogP contribution in [0.4, 0.5) is 5.69 Å². The number of hydrogen-bond acceptors (Lipinski definition) is 4. The maximum absolute atomic E-state index is 12.9. The molecule has 0 bridgehead atoms. The molecular formula is C22H27ClN2O4S. The number of benzene rings is 2. The molecule has 0 saturated heterocycles. The van der Waals surface area contributed by atoms with Crippen molar-refractivity contribution in [2.45, 2.75) is 45.3 Å². The lowest BCUT2D eigenvalue weighted by molar-refractivity contribution is -0.128.